The monoisotopic (exact) mass is 378 g/mol. The van der Waals surface area contributed by atoms with Crippen LogP contribution in [-0.4, -0.2) is 24.5 Å². The fraction of sp³-hybridized carbons (Fsp3) is 0.143. The predicted octanol–water partition coefficient (Wildman–Crippen LogP) is 2.99. The Balaban J connectivity index is 1.43. The second kappa shape index (κ2) is 7.87. The lowest BCUT2D eigenvalue weighted by Crippen LogP contribution is -2.40. The zero-order valence-electron chi connectivity index (χ0n) is 14.9. The zero-order valence-corrected chi connectivity index (χ0v) is 14.9. The number of amides is 2. The minimum atomic E-state index is -0.811. The number of carbonyl (C=O) groups is 2. The van der Waals surface area contributed by atoms with Crippen molar-refractivity contribution >= 4 is 17.5 Å². The van der Waals surface area contributed by atoms with E-state index in [0.29, 0.717) is 28.5 Å². The summed E-state index contributed by atoms with van der Waals surface area (Å²) in [4.78, 5) is 25.2. The van der Waals surface area contributed by atoms with Gasteiger partial charge in [0.15, 0.2) is 11.5 Å². The number of ether oxygens (including phenoxy) is 2. The quantitative estimate of drug-likeness (QED) is 0.712. The summed E-state index contributed by atoms with van der Waals surface area (Å²) in [5, 5.41) is 5.52. The Morgan fingerprint density at radius 3 is 2.57 bits per heavy atom. The van der Waals surface area contributed by atoms with E-state index in [1.165, 1.54) is 0 Å². The Morgan fingerprint density at radius 1 is 0.964 bits per heavy atom. The Hall–Kier alpha value is -3.74. The number of hydrogen-bond acceptors (Lipinski definition) is 5. The van der Waals surface area contributed by atoms with E-state index in [9.17, 15) is 9.59 Å². The van der Waals surface area contributed by atoms with Crippen molar-refractivity contribution < 1.29 is 23.5 Å². The largest absolute Gasteiger partial charge is 0.485 e. The van der Waals surface area contributed by atoms with Gasteiger partial charge in [0.25, 0.3) is 11.8 Å². The molecule has 1 aromatic heterocycles. The van der Waals surface area contributed by atoms with Gasteiger partial charge in [-0.05, 0) is 36.4 Å². The number of furan rings is 1. The van der Waals surface area contributed by atoms with Crippen molar-refractivity contribution in [3.63, 3.8) is 0 Å². The van der Waals surface area contributed by atoms with Crippen molar-refractivity contribution in [1.82, 2.24) is 5.32 Å². The van der Waals surface area contributed by atoms with Gasteiger partial charge in [-0.15, -0.1) is 0 Å². The molecular weight excluding hydrogens is 360 g/mol. The molecule has 3 aromatic rings. The first-order valence-corrected chi connectivity index (χ1v) is 8.79. The molecule has 1 aliphatic heterocycles. The van der Waals surface area contributed by atoms with Crippen LogP contribution in [0.25, 0.3) is 0 Å². The highest BCUT2D eigenvalue weighted by Crippen LogP contribution is 2.31. The fourth-order valence-electron chi connectivity index (χ4n) is 2.83. The van der Waals surface area contributed by atoms with Gasteiger partial charge in [0.2, 0.25) is 6.10 Å². The Morgan fingerprint density at radius 2 is 1.75 bits per heavy atom. The van der Waals surface area contributed by atoms with Gasteiger partial charge in [0.05, 0.1) is 24.1 Å². The summed E-state index contributed by atoms with van der Waals surface area (Å²) < 4.78 is 16.5. The number of hydrogen-bond donors (Lipinski definition) is 2. The highest BCUT2D eigenvalue weighted by atomic mass is 16.6. The van der Waals surface area contributed by atoms with E-state index >= 15 is 0 Å². The van der Waals surface area contributed by atoms with Gasteiger partial charge in [0.1, 0.15) is 12.4 Å². The first-order chi connectivity index (χ1) is 13.7. The highest BCUT2D eigenvalue weighted by molar-refractivity contribution is 6.04. The van der Waals surface area contributed by atoms with Gasteiger partial charge >= 0.3 is 0 Å². The van der Waals surface area contributed by atoms with Crippen molar-refractivity contribution in [2.45, 2.75) is 12.6 Å². The van der Waals surface area contributed by atoms with E-state index in [2.05, 4.69) is 10.6 Å². The van der Waals surface area contributed by atoms with Gasteiger partial charge in [-0.3, -0.25) is 9.59 Å². The van der Waals surface area contributed by atoms with Gasteiger partial charge in [0, 0.05) is 0 Å². The number of nitrogens with one attached hydrogen (secondary N) is 2. The molecule has 0 spiro atoms. The maximum absolute atomic E-state index is 12.6. The van der Waals surface area contributed by atoms with Crippen LogP contribution in [0.4, 0.5) is 5.69 Å². The maximum Gasteiger partial charge on any atom is 0.269 e. The van der Waals surface area contributed by atoms with Crippen LogP contribution in [0.1, 0.15) is 16.1 Å². The molecule has 4 rings (SSSR count). The second-order valence-corrected chi connectivity index (χ2v) is 6.16. The van der Waals surface area contributed by atoms with E-state index in [1.54, 1.807) is 60.9 Å². The number of fused-ring (bicyclic) bond motifs is 1. The highest BCUT2D eigenvalue weighted by Gasteiger charge is 2.28. The van der Waals surface area contributed by atoms with Crippen molar-refractivity contribution in [1.29, 1.82) is 0 Å². The molecule has 7 nitrogen and oxygen atoms in total. The summed E-state index contributed by atoms with van der Waals surface area (Å²) in [5.41, 5.74) is 0.742. The predicted molar refractivity (Wildman–Crippen MR) is 101 cm³/mol. The van der Waals surface area contributed by atoms with E-state index in [1.807, 2.05) is 6.07 Å². The van der Waals surface area contributed by atoms with Crippen molar-refractivity contribution in [2.75, 3.05) is 11.9 Å². The molecule has 0 saturated carbocycles. The van der Waals surface area contributed by atoms with E-state index in [4.69, 9.17) is 13.9 Å². The van der Waals surface area contributed by atoms with Crippen LogP contribution in [0.2, 0.25) is 0 Å². The lowest BCUT2D eigenvalue weighted by Gasteiger charge is -2.25. The summed E-state index contributed by atoms with van der Waals surface area (Å²) in [6, 6.07) is 17.5. The number of carbonyl (C=O) groups excluding carboxylic acids is 2. The summed E-state index contributed by atoms with van der Waals surface area (Å²) in [6.07, 6.45) is 0.731. The Kier molecular flexibility index (Phi) is 4.97. The fourth-order valence-corrected chi connectivity index (χ4v) is 2.83. The SMILES string of the molecule is O=C(NCc1ccco1)c1ccccc1NC(=O)[C@@H]1COc2ccccc2O1. The molecular formula is C21H18N2O5. The van der Waals surface area contributed by atoms with Crippen LogP contribution in [-0.2, 0) is 11.3 Å². The number of benzene rings is 2. The summed E-state index contributed by atoms with van der Waals surface area (Å²) in [7, 11) is 0. The maximum atomic E-state index is 12.6. The topological polar surface area (TPSA) is 89.8 Å². The normalized spacial score (nSPS) is 14.9. The number of anilines is 1. The molecule has 0 radical (unpaired) electrons. The first-order valence-electron chi connectivity index (χ1n) is 8.79. The minimum absolute atomic E-state index is 0.0930. The Bertz CT molecular complexity index is 984. The molecule has 28 heavy (non-hydrogen) atoms. The molecule has 142 valence electrons. The number of rotatable bonds is 5. The van der Waals surface area contributed by atoms with Crippen LogP contribution >= 0.6 is 0 Å². The third-order valence-electron chi connectivity index (χ3n) is 4.23. The molecule has 2 aromatic carbocycles. The van der Waals surface area contributed by atoms with Crippen molar-refractivity contribution in [2.24, 2.45) is 0 Å². The molecule has 0 aliphatic carbocycles. The summed E-state index contributed by atoms with van der Waals surface area (Å²) >= 11 is 0. The molecule has 2 heterocycles. The molecule has 0 bridgehead atoms. The summed E-state index contributed by atoms with van der Waals surface area (Å²) in [5.74, 6) is 1.04. The lowest BCUT2D eigenvalue weighted by molar-refractivity contribution is -0.125. The third kappa shape index (κ3) is 3.83. The minimum Gasteiger partial charge on any atom is -0.485 e. The first kappa shape index (κ1) is 17.7. The van der Waals surface area contributed by atoms with Crippen LogP contribution in [0.5, 0.6) is 11.5 Å². The lowest BCUT2D eigenvalue weighted by atomic mass is 10.1. The van der Waals surface area contributed by atoms with E-state index < -0.39 is 6.10 Å². The molecule has 1 atom stereocenters. The molecule has 0 saturated heterocycles. The van der Waals surface area contributed by atoms with Gasteiger partial charge < -0.3 is 24.5 Å². The second-order valence-electron chi connectivity index (χ2n) is 6.16. The van der Waals surface area contributed by atoms with Crippen LogP contribution < -0.4 is 20.1 Å². The zero-order chi connectivity index (χ0) is 19.3. The molecule has 2 N–H and O–H groups in total. The van der Waals surface area contributed by atoms with Crippen LogP contribution in [0.15, 0.2) is 71.3 Å². The van der Waals surface area contributed by atoms with E-state index in [-0.39, 0.29) is 25.0 Å². The Labute approximate surface area is 161 Å². The smallest absolute Gasteiger partial charge is 0.269 e. The van der Waals surface area contributed by atoms with Gasteiger partial charge in [-0.2, -0.15) is 0 Å². The summed E-state index contributed by atoms with van der Waals surface area (Å²) in [6.45, 7) is 0.347. The average molecular weight is 378 g/mol. The standard InChI is InChI=1S/C21H18N2O5/c24-20(22-12-14-6-5-11-26-14)15-7-1-2-8-16(15)23-21(25)19-13-27-17-9-3-4-10-18(17)28-19/h1-11,19H,12-13H2,(H,22,24)(H,23,25)/t19-/m0/s1. The number of para-hydroxylation sites is 3. The van der Waals surface area contributed by atoms with E-state index in [0.717, 1.165) is 0 Å². The molecule has 0 fully saturated rings. The molecule has 0 unspecified atom stereocenters. The van der Waals surface area contributed by atoms with Crippen LogP contribution in [0, 0.1) is 0 Å². The van der Waals surface area contributed by atoms with Crippen LogP contribution in [0.3, 0.4) is 0 Å². The van der Waals surface area contributed by atoms with Crippen molar-refractivity contribution in [3.05, 3.63) is 78.3 Å². The average Bonchev–Trinajstić information content (AvgIpc) is 3.25. The third-order valence-corrected chi connectivity index (χ3v) is 4.23. The van der Waals surface area contributed by atoms with Gasteiger partial charge in [-0.1, -0.05) is 24.3 Å². The molecule has 7 heteroatoms. The molecule has 1 aliphatic rings. The van der Waals surface area contributed by atoms with Gasteiger partial charge in [-0.25, -0.2) is 0 Å². The molecule has 2 amide bonds. The van der Waals surface area contributed by atoms with Crippen molar-refractivity contribution in [3.8, 4) is 11.5 Å².